The number of nitrogens with zero attached hydrogens (tertiary/aromatic N) is 5. The summed E-state index contributed by atoms with van der Waals surface area (Å²) in [5, 5.41) is 3.91. The number of hydrogen-bond acceptors (Lipinski definition) is 5. The Morgan fingerprint density at radius 2 is 1.55 bits per heavy atom. The van der Waals surface area contributed by atoms with Crippen LogP contribution in [0.5, 0.6) is 0 Å². The predicted molar refractivity (Wildman–Crippen MR) is 98.6 cm³/mol. The van der Waals surface area contributed by atoms with E-state index in [4.69, 9.17) is 5.73 Å². The van der Waals surface area contributed by atoms with E-state index < -0.39 is 23.6 Å². The number of aromatic nitrogens is 5. The molecule has 0 aliphatic rings. The maximum Gasteiger partial charge on any atom is 0.433 e. The quantitative estimate of drug-likeness (QED) is 0.456. The van der Waals surface area contributed by atoms with E-state index in [-0.39, 0.29) is 39.7 Å². The van der Waals surface area contributed by atoms with Crippen LogP contribution < -0.4 is 5.73 Å². The predicted octanol–water partition coefficient (Wildman–Crippen LogP) is 4.78. The number of rotatable bonds is 2. The second-order valence-corrected chi connectivity index (χ2v) is 6.64. The number of anilines is 1. The lowest BCUT2D eigenvalue weighted by atomic mass is 9.98. The van der Waals surface area contributed by atoms with Gasteiger partial charge in [-0.05, 0) is 36.8 Å². The molecule has 0 aliphatic carbocycles. The van der Waals surface area contributed by atoms with Gasteiger partial charge >= 0.3 is 12.4 Å². The van der Waals surface area contributed by atoms with Gasteiger partial charge in [-0.1, -0.05) is 12.1 Å². The van der Waals surface area contributed by atoms with Crippen molar-refractivity contribution in [3.05, 3.63) is 59.7 Å². The van der Waals surface area contributed by atoms with Gasteiger partial charge < -0.3 is 5.73 Å². The van der Waals surface area contributed by atoms with Crippen LogP contribution in [0.25, 0.3) is 28.0 Å². The number of pyridine rings is 1. The molecule has 0 unspecified atom stereocenters. The second-order valence-electron chi connectivity index (χ2n) is 6.64. The van der Waals surface area contributed by atoms with Gasteiger partial charge in [-0.25, -0.2) is 15.0 Å². The molecule has 2 N–H and O–H groups in total. The summed E-state index contributed by atoms with van der Waals surface area (Å²) in [4.78, 5) is 11.8. The molecular weight excluding hydrogens is 426 g/mol. The first-order valence-corrected chi connectivity index (χ1v) is 8.68. The monoisotopic (exact) mass is 438 g/mol. The Morgan fingerprint density at radius 3 is 2.16 bits per heavy atom. The second kappa shape index (κ2) is 6.93. The van der Waals surface area contributed by atoms with Crippen LogP contribution in [0.1, 0.15) is 17.0 Å². The number of hydrogen-bond donors (Lipinski definition) is 1. The van der Waals surface area contributed by atoms with Crippen molar-refractivity contribution in [2.75, 3.05) is 5.73 Å². The summed E-state index contributed by atoms with van der Waals surface area (Å²) in [7, 11) is 0. The number of alkyl halides is 6. The summed E-state index contributed by atoms with van der Waals surface area (Å²) in [5.74, 6) is -0.132. The molecule has 4 aromatic rings. The normalized spacial score (nSPS) is 12.5. The Hall–Kier alpha value is -3.70. The fraction of sp³-hybridized carbons (Fsp3) is 0.158. The van der Waals surface area contributed by atoms with Gasteiger partial charge in [0.05, 0.1) is 16.8 Å². The van der Waals surface area contributed by atoms with Gasteiger partial charge in [0.25, 0.3) is 0 Å². The Labute approximate surface area is 170 Å². The molecule has 0 atom stereocenters. The molecule has 3 aromatic heterocycles. The summed E-state index contributed by atoms with van der Waals surface area (Å²) in [6, 6.07) is 6.25. The van der Waals surface area contributed by atoms with Gasteiger partial charge in [0.1, 0.15) is 12.0 Å². The topological polar surface area (TPSA) is 82.0 Å². The van der Waals surface area contributed by atoms with Crippen molar-refractivity contribution in [2.45, 2.75) is 19.3 Å². The van der Waals surface area contributed by atoms with Gasteiger partial charge in [-0.3, -0.25) is 0 Å². The number of fused-ring (bicyclic) bond motifs is 1. The molecule has 12 heteroatoms. The SMILES string of the molecule is Cc1cc(-c2c(-c3ccc(C(F)(F)F)cc3)nc(N)n3ncnc23)cc(C(F)(F)F)n1. The van der Waals surface area contributed by atoms with E-state index in [2.05, 4.69) is 20.1 Å². The molecule has 0 spiro atoms. The van der Waals surface area contributed by atoms with Crippen molar-refractivity contribution in [3.63, 3.8) is 0 Å². The van der Waals surface area contributed by atoms with Gasteiger partial charge in [0.2, 0.25) is 5.95 Å². The molecule has 6 nitrogen and oxygen atoms in total. The minimum Gasteiger partial charge on any atom is -0.368 e. The average molecular weight is 438 g/mol. The van der Waals surface area contributed by atoms with Gasteiger partial charge in [-0.15, -0.1) is 0 Å². The van der Waals surface area contributed by atoms with Crippen molar-refractivity contribution >= 4 is 11.6 Å². The molecule has 0 saturated heterocycles. The lowest BCUT2D eigenvalue weighted by Crippen LogP contribution is -2.10. The van der Waals surface area contributed by atoms with Crippen molar-refractivity contribution in [1.29, 1.82) is 0 Å². The van der Waals surface area contributed by atoms with Crippen molar-refractivity contribution in [2.24, 2.45) is 0 Å². The zero-order chi connectivity index (χ0) is 22.6. The molecule has 0 bridgehead atoms. The molecule has 160 valence electrons. The molecular formula is C19H12F6N6. The molecule has 0 radical (unpaired) electrons. The highest BCUT2D eigenvalue weighted by atomic mass is 19.4. The highest BCUT2D eigenvalue weighted by molar-refractivity contribution is 5.90. The van der Waals surface area contributed by atoms with E-state index in [1.54, 1.807) is 0 Å². The fourth-order valence-corrected chi connectivity index (χ4v) is 3.15. The standard InChI is InChI=1S/C19H12F6N6/c1-9-6-11(7-13(29-9)19(23,24)25)14-15(30-17(26)31-16(14)27-8-28-31)10-2-4-12(5-3-10)18(20,21)22/h2-8H,1H3,(H2,26,30). The van der Waals surface area contributed by atoms with Crippen LogP contribution in [0.2, 0.25) is 0 Å². The van der Waals surface area contributed by atoms with Crippen LogP contribution >= 0.6 is 0 Å². The van der Waals surface area contributed by atoms with E-state index in [9.17, 15) is 26.3 Å². The summed E-state index contributed by atoms with van der Waals surface area (Å²) in [6.07, 6.45) is -8.11. The van der Waals surface area contributed by atoms with Gasteiger partial charge in [0.15, 0.2) is 5.65 Å². The molecule has 0 amide bonds. The van der Waals surface area contributed by atoms with Gasteiger partial charge in [0, 0.05) is 11.3 Å². The molecule has 3 heterocycles. The van der Waals surface area contributed by atoms with Crippen molar-refractivity contribution < 1.29 is 26.3 Å². The lowest BCUT2D eigenvalue weighted by Gasteiger charge is -2.15. The van der Waals surface area contributed by atoms with Crippen LogP contribution in [-0.2, 0) is 12.4 Å². The fourth-order valence-electron chi connectivity index (χ4n) is 3.15. The third-order valence-electron chi connectivity index (χ3n) is 4.47. The maximum absolute atomic E-state index is 13.3. The van der Waals surface area contributed by atoms with Crippen LogP contribution in [0, 0.1) is 6.92 Å². The molecule has 0 aliphatic heterocycles. The zero-order valence-electron chi connectivity index (χ0n) is 15.6. The molecule has 0 saturated carbocycles. The van der Waals surface area contributed by atoms with Crippen LogP contribution in [0.3, 0.4) is 0 Å². The van der Waals surface area contributed by atoms with Crippen LogP contribution in [0.15, 0.2) is 42.7 Å². The zero-order valence-corrected chi connectivity index (χ0v) is 15.6. The summed E-state index contributed by atoms with van der Waals surface area (Å²) in [5.41, 5.74) is 4.53. The summed E-state index contributed by atoms with van der Waals surface area (Å²) >= 11 is 0. The van der Waals surface area contributed by atoms with E-state index in [0.29, 0.717) is 0 Å². The number of benzene rings is 1. The first kappa shape index (κ1) is 20.6. The first-order chi connectivity index (χ1) is 14.4. The molecule has 0 fully saturated rings. The lowest BCUT2D eigenvalue weighted by molar-refractivity contribution is -0.141. The number of nitrogens with two attached hydrogens (primary N) is 1. The summed E-state index contributed by atoms with van der Waals surface area (Å²) < 4.78 is 79.9. The molecule has 4 rings (SSSR count). The molecule has 31 heavy (non-hydrogen) atoms. The highest BCUT2D eigenvalue weighted by Crippen LogP contribution is 2.38. The minimum atomic E-state index is -4.71. The third-order valence-corrected chi connectivity index (χ3v) is 4.47. The minimum absolute atomic E-state index is 0.0606. The Kier molecular flexibility index (Phi) is 4.60. The Bertz CT molecular complexity index is 1270. The smallest absolute Gasteiger partial charge is 0.368 e. The molecule has 1 aromatic carbocycles. The first-order valence-electron chi connectivity index (χ1n) is 8.68. The number of nitrogen functional groups attached to an aromatic ring is 1. The van der Waals surface area contributed by atoms with Crippen molar-refractivity contribution in [1.82, 2.24) is 24.6 Å². The van der Waals surface area contributed by atoms with E-state index in [1.807, 2.05) is 0 Å². The highest BCUT2D eigenvalue weighted by Gasteiger charge is 2.34. The Morgan fingerprint density at radius 1 is 0.871 bits per heavy atom. The van der Waals surface area contributed by atoms with Crippen LogP contribution in [0.4, 0.5) is 32.3 Å². The average Bonchev–Trinajstić information content (AvgIpc) is 3.16. The Balaban J connectivity index is 2.01. The largest absolute Gasteiger partial charge is 0.433 e. The van der Waals surface area contributed by atoms with Crippen LogP contribution in [-0.4, -0.2) is 24.6 Å². The van der Waals surface area contributed by atoms with Gasteiger partial charge in [-0.2, -0.15) is 36.0 Å². The summed E-state index contributed by atoms with van der Waals surface area (Å²) in [6.45, 7) is 1.39. The van der Waals surface area contributed by atoms with E-state index in [1.165, 1.54) is 25.1 Å². The maximum atomic E-state index is 13.3. The van der Waals surface area contributed by atoms with E-state index >= 15 is 0 Å². The number of halogens is 6. The van der Waals surface area contributed by atoms with E-state index in [0.717, 1.165) is 29.0 Å². The third kappa shape index (κ3) is 3.76. The van der Waals surface area contributed by atoms with Crippen molar-refractivity contribution in [3.8, 4) is 22.4 Å². The number of aryl methyl sites for hydroxylation is 1.